The number of hydrogen-bond donors (Lipinski definition) is 1. The van der Waals surface area contributed by atoms with E-state index in [1.807, 2.05) is 7.11 Å². The van der Waals surface area contributed by atoms with Crippen LogP contribution in [0.4, 0.5) is 0 Å². The highest BCUT2D eigenvalue weighted by Crippen LogP contribution is 2.20. The lowest BCUT2D eigenvalue weighted by atomic mass is 9.93. The summed E-state index contributed by atoms with van der Waals surface area (Å²) in [4.78, 5) is 0. The summed E-state index contributed by atoms with van der Waals surface area (Å²) in [5.74, 6) is 0. The van der Waals surface area contributed by atoms with Gasteiger partial charge in [0.1, 0.15) is 0 Å². The molecule has 0 aromatic rings. The quantitative estimate of drug-likeness (QED) is 0.687. The minimum absolute atomic E-state index is 0.344. The minimum atomic E-state index is 0.344. The van der Waals surface area contributed by atoms with Crippen molar-refractivity contribution in [2.24, 2.45) is 0 Å². The maximum atomic E-state index is 5.49. The monoisotopic (exact) mass is 215 g/mol. The smallest absolute Gasteiger partial charge is 0.0594 e. The van der Waals surface area contributed by atoms with Crippen LogP contribution in [0.3, 0.4) is 0 Å². The third kappa shape index (κ3) is 5.50. The van der Waals surface area contributed by atoms with Crippen LogP contribution in [0.25, 0.3) is 0 Å². The topological polar surface area (TPSA) is 30.5 Å². The van der Waals surface area contributed by atoms with Crippen LogP contribution in [0.1, 0.15) is 39.5 Å². The van der Waals surface area contributed by atoms with E-state index in [0.29, 0.717) is 18.2 Å². The fourth-order valence-electron chi connectivity index (χ4n) is 2.06. The highest BCUT2D eigenvalue weighted by molar-refractivity contribution is 4.77. The van der Waals surface area contributed by atoms with Gasteiger partial charge >= 0.3 is 0 Å². The molecule has 90 valence electrons. The van der Waals surface area contributed by atoms with Crippen LogP contribution in [0.5, 0.6) is 0 Å². The maximum absolute atomic E-state index is 5.49. The molecule has 0 aromatic heterocycles. The van der Waals surface area contributed by atoms with E-state index in [1.54, 1.807) is 0 Å². The van der Waals surface area contributed by atoms with E-state index in [1.165, 1.54) is 25.7 Å². The number of hydrogen-bond acceptors (Lipinski definition) is 3. The second-order valence-corrected chi connectivity index (χ2v) is 4.58. The molecular formula is C12H25NO2. The lowest BCUT2D eigenvalue weighted by Gasteiger charge is -2.28. The van der Waals surface area contributed by atoms with Crippen LogP contribution in [0.15, 0.2) is 0 Å². The molecule has 3 heteroatoms. The molecule has 0 saturated heterocycles. The summed E-state index contributed by atoms with van der Waals surface area (Å²) in [7, 11) is 1.81. The van der Waals surface area contributed by atoms with Crippen molar-refractivity contribution in [3.8, 4) is 0 Å². The maximum Gasteiger partial charge on any atom is 0.0594 e. The first-order valence-corrected chi connectivity index (χ1v) is 6.10. The van der Waals surface area contributed by atoms with Gasteiger partial charge in [-0.15, -0.1) is 0 Å². The van der Waals surface area contributed by atoms with E-state index in [0.717, 1.165) is 13.2 Å². The van der Waals surface area contributed by atoms with Gasteiger partial charge in [0.15, 0.2) is 0 Å². The van der Waals surface area contributed by atoms with E-state index in [2.05, 4.69) is 19.2 Å². The fraction of sp³-hybridized carbons (Fsp3) is 1.00. The average molecular weight is 215 g/mol. The predicted molar refractivity (Wildman–Crippen MR) is 62.1 cm³/mol. The average Bonchev–Trinajstić information content (AvgIpc) is 2.25. The molecule has 0 spiro atoms. The first-order valence-electron chi connectivity index (χ1n) is 6.10. The van der Waals surface area contributed by atoms with Gasteiger partial charge in [-0.05, 0) is 39.5 Å². The second-order valence-electron chi connectivity index (χ2n) is 4.58. The highest BCUT2D eigenvalue weighted by Gasteiger charge is 2.19. The fourth-order valence-corrected chi connectivity index (χ4v) is 2.06. The van der Waals surface area contributed by atoms with E-state index >= 15 is 0 Å². The molecule has 1 saturated carbocycles. The first kappa shape index (κ1) is 12.9. The molecule has 0 unspecified atom stereocenters. The van der Waals surface area contributed by atoms with Crippen LogP contribution in [-0.4, -0.2) is 38.5 Å². The van der Waals surface area contributed by atoms with Crippen LogP contribution in [-0.2, 0) is 9.47 Å². The zero-order valence-electron chi connectivity index (χ0n) is 10.3. The van der Waals surface area contributed by atoms with E-state index in [4.69, 9.17) is 9.47 Å². The molecule has 3 nitrogen and oxygen atoms in total. The van der Waals surface area contributed by atoms with Crippen molar-refractivity contribution in [1.82, 2.24) is 5.32 Å². The van der Waals surface area contributed by atoms with Crippen molar-refractivity contribution in [2.75, 3.05) is 20.3 Å². The lowest BCUT2D eigenvalue weighted by molar-refractivity contribution is 0.0565. The molecule has 1 rings (SSSR count). The molecule has 0 heterocycles. The molecular weight excluding hydrogens is 190 g/mol. The van der Waals surface area contributed by atoms with Gasteiger partial charge in [0.25, 0.3) is 0 Å². The van der Waals surface area contributed by atoms with Gasteiger partial charge in [-0.25, -0.2) is 0 Å². The number of ether oxygens (including phenoxy) is 2. The van der Waals surface area contributed by atoms with Crippen LogP contribution < -0.4 is 5.32 Å². The van der Waals surface area contributed by atoms with Crippen molar-refractivity contribution in [1.29, 1.82) is 0 Å². The summed E-state index contributed by atoms with van der Waals surface area (Å²) in [5.41, 5.74) is 0. The third-order valence-corrected chi connectivity index (χ3v) is 2.99. The van der Waals surface area contributed by atoms with Crippen molar-refractivity contribution >= 4 is 0 Å². The van der Waals surface area contributed by atoms with Crippen LogP contribution >= 0.6 is 0 Å². The van der Waals surface area contributed by atoms with E-state index in [9.17, 15) is 0 Å². The van der Waals surface area contributed by atoms with Gasteiger partial charge < -0.3 is 14.8 Å². The zero-order chi connectivity index (χ0) is 11.1. The van der Waals surface area contributed by atoms with Gasteiger partial charge in [-0.3, -0.25) is 0 Å². The summed E-state index contributed by atoms with van der Waals surface area (Å²) in [5, 5.41) is 3.54. The molecule has 0 bridgehead atoms. The van der Waals surface area contributed by atoms with Gasteiger partial charge in [0, 0.05) is 19.7 Å². The third-order valence-electron chi connectivity index (χ3n) is 2.99. The largest absolute Gasteiger partial charge is 0.381 e. The number of rotatable bonds is 6. The van der Waals surface area contributed by atoms with Gasteiger partial charge in [0.2, 0.25) is 0 Å². The number of methoxy groups -OCH3 is 1. The predicted octanol–water partition coefficient (Wildman–Crippen LogP) is 1.96. The summed E-state index contributed by atoms with van der Waals surface area (Å²) >= 11 is 0. The standard InChI is InChI=1S/C12H25NO2/c1-10(2)15-9-8-13-11-4-6-12(14-3)7-5-11/h10-13H,4-9H2,1-3H3. The van der Waals surface area contributed by atoms with Crippen LogP contribution in [0.2, 0.25) is 0 Å². The Hall–Kier alpha value is -0.120. The SMILES string of the molecule is COC1CCC(NCCOC(C)C)CC1. The molecule has 1 fully saturated rings. The summed E-state index contributed by atoms with van der Waals surface area (Å²) in [6.07, 6.45) is 5.70. The minimum Gasteiger partial charge on any atom is -0.381 e. The van der Waals surface area contributed by atoms with Crippen molar-refractivity contribution in [3.05, 3.63) is 0 Å². The molecule has 1 N–H and O–H groups in total. The molecule has 15 heavy (non-hydrogen) atoms. The lowest BCUT2D eigenvalue weighted by Crippen LogP contribution is -2.37. The molecule has 1 aliphatic carbocycles. The van der Waals surface area contributed by atoms with Gasteiger partial charge in [-0.2, -0.15) is 0 Å². The Kier molecular flexibility index (Phi) is 6.22. The molecule has 0 aliphatic heterocycles. The normalized spacial score (nSPS) is 27.2. The molecule has 0 atom stereocenters. The van der Waals surface area contributed by atoms with Crippen molar-refractivity contribution in [2.45, 2.75) is 57.8 Å². The van der Waals surface area contributed by atoms with Gasteiger partial charge in [-0.1, -0.05) is 0 Å². The Morgan fingerprint density at radius 2 is 1.87 bits per heavy atom. The Bertz CT molecular complexity index is 154. The molecule has 0 aromatic carbocycles. The first-order chi connectivity index (χ1) is 7.22. The highest BCUT2D eigenvalue weighted by atomic mass is 16.5. The Morgan fingerprint density at radius 1 is 1.20 bits per heavy atom. The van der Waals surface area contributed by atoms with Crippen LogP contribution in [0, 0.1) is 0 Å². The Morgan fingerprint density at radius 3 is 2.40 bits per heavy atom. The number of nitrogens with one attached hydrogen (secondary N) is 1. The van der Waals surface area contributed by atoms with Gasteiger partial charge in [0.05, 0.1) is 18.8 Å². The van der Waals surface area contributed by atoms with E-state index in [-0.39, 0.29) is 0 Å². The Labute approximate surface area is 93.5 Å². The van der Waals surface area contributed by atoms with E-state index < -0.39 is 0 Å². The zero-order valence-corrected chi connectivity index (χ0v) is 10.3. The second kappa shape index (κ2) is 7.20. The molecule has 0 amide bonds. The van der Waals surface area contributed by atoms with Crippen molar-refractivity contribution in [3.63, 3.8) is 0 Å². The Balaban J connectivity index is 1.99. The summed E-state index contributed by atoms with van der Waals surface area (Å²) < 4.78 is 10.8. The molecule has 0 radical (unpaired) electrons. The molecule has 1 aliphatic rings. The summed E-state index contributed by atoms with van der Waals surface area (Å²) in [6.45, 7) is 5.94. The summed E-state index contributed by atoms with van der Waals surface area (Å²) in [6, 6.07) is 0.673. The van der Waals surface area contributed by atoms with Crippen molar-refractivity contribution < 1.29 is 9.47 Å².